The molecule has 2 heterocycles. The van der Waals surface area contributed by atoms with Crippen LogP contribution in [0.3, 0.4) is 0 Å². The van der Waals surface area contributed by atoms with Crippen LogP contribution in [0.25, 0.3) is 0 Å². The van der Waals surface area contributed by atoms with Crippen LogP contribution in [0.2, 0.25) is 5.15 Å². The molecule has 0 saturated heterocycles. The molecule has 2 aromatic rings. The van der Waals surface area contributed by atoms with Gasteiger partial charge < -0.3 is 4.98 Å². The topological polar surface area (TPSA) is 118 Å². The van der Waals surface area contributed by atoms with Crippen molar-refractivity contribution in [3.05, 3.63) is 61.6 Å². The second kappa shape index (κ2) is 5.49. The van der Waals surface area contributed by atoms with E-state index in [1.165, 1.54) is 24.3 Å². The van der Waals surface area contributed by atoms with E-state index in [1.807, 2.05) is 0 Å². The van der Waals surface area contributed by atoms with E-state index in [0.29, 0.717) is 0 Å². The predicted molar refractivity (Wildman–Crippen MR) is 70.9 cm³/mol. The number of carbonyl (C=O) groups is 1. The van der Waals surface area contributed by atoms with Crippen LogP contribution in [0.5, 0.6) is 0 Å². The van der Waals surface area contributed by atoms with Gasteiger partial charge in [0.1, 0.15) is 10.8 Å². The number of hydrogen-bond donors (Lipinski definition) is 2. The fourth-order valence-electron chi connectivity index (χ4n) is 1.42. The molecule has 0 saturated carbocycles. The largest absolute Gasteiger partial charge is 0.318 e. The normalized spacial score (nSPS) is 10.1. The van der Waals surface area contributed by atoms with Crippen LogP contribution in [-0.2, 0) is 0 Å². The first-order chi connectivity index (χ1) is 9.47. The summed E-state index contributed by atoms with van der Waals surface area (Å²) in [7, 11) is 0. The van der Waals surface area contributed by atoms with Crippen LogP contribution in [-0.4, -0.2) is 20.8 Å². The summed E-state index contributed by atoms with van der Waals surface area (Å²) in [4.78, 5) is 39.1. The third kappa shape index (κ3) is 2.98. The molecule has 0 aromatic carbocycles. The maximum absolute atomic E-state index is 11.9. The Kier molecular flexibility index (Phi) is 3.76. The number of nitro groups is 1. The monoisotopic (exact) mass is 294 g/mol. The van der Waals surface area contributed by atoms with Crippen LogP contribution in [0.4, 0.5) is 11.5 Å². The first kappa shape index (κ1) is 13.7. The minimum Gasteiger partial charge on any atom is -0.318 e. The highest BCUT2D eigenvalue weighted by Crippen LogP contribution is 2.24. The lowest BCUT2D eigenvalue weighted by Gasteiger charge is -2.05. The number of amides is 1. The number of rotatable bonds is 3. The Morgan fingerprint density at radius 2 is 2.10 bits per heavy atom. The average molecular weight is 295 g/mol. The fraction of sp³-hybridized carbons (Fsp3) is 0. The van der Waals surface area contributed by atoms with Crippen molar-refractivity contribution in [3.63, 3.8) is 0 Å². The summed E-state index contributed by atoms with van der Waals surface area (Å²) >= 11 is 5.63. The number of halogens is 1. The van der Waals surface area contributed by atoms with Gasteiger partial charge in [-0.3, -0.25) is 25.0 Å². The third-order valence-electron chi connectivity index (χ3n) is 2.28. The number of nitrogens with zero attached hydrogens (tertiary/aromatic N) is 2. The van der Waals surface area contributed by atoms with Crippen molar-refractivity contribution >= 4 is 29.0 Å². The number of nitrogens with one attached hydrogen (secondary N) is 2. The molecular formula is C11H7ClN4O4. The minimum absolute atomic E-state index is 0.00699. The van der Waals surface area contributed by atoms with Gasteiger partial charge in [0.25, 0.3) is 5.91 Å². The molecule has 0 radical (unpaired) electrons. The van der Waals surface area contributed by atoms with E-state index in [1.54, 1.807) is 0 Å². The number of aromatic amines is 1. The number of carbonyl (C=O) groups excluding carboxylic acids is 1. The highest BCUT2D eigenvalue weighted by atomic mass is 35.5. The van der Waals surface area contributed by atoms with Gasteiger partial charge in [0, 0.05) is 12.1 Å². The molecule has 2 aromatic heterocycles. The molecule has 0 aliphatic rings. The Morgan fingerprint density at radius 1 is 1.35 bits per heavy atom. The lowest BCUT2D eigenvalue weighted by molar-refractivity contribution is -0.384. The second-order valence-corrected chi connectivity index (χ2v) is 4.03. The molecule has 2 N–H and O–H groups in total. The molecule has 8 nitrogen and oxygen atoms in total. The van der Waals surface area contributed by atoms with E-state index in [4.69, 9.17) is 11.6 Å². The smallest absolute Gasteiger partial charge is 0.311 e. The molecule has 0 aliphatic heterocycles. The number of hydrogen-bond acceptors (Lipinski definition) is 5. The molecule has 0 atom stereocenters. The highest BCUT2D eigenvalue weighted by Gasteiger charge is 2.19. The van der Waals surface area contributed by atoms with Gasteiger partial charge in [-0.05, 0) is 12.1 Å². The van der Waals surface area contributed by atoms with Crippen molar-refractivity contribution < 1.29 is 9.72 Å². The van der Waals surface area contributed by atoms with E-state index in [9.17, 15) is 19.7 Å². The molecule has 0 aliphatic carbocycles. The summed E-state index contributed by atoms with van der Waals surface area (Å²) in [6, 6.07) is 6.33. The van der Waals surface area contributed by atoms with E-state index >= 15 is 0 Å². The maximum Gasteiger partial charge on any atom is 0.311 e. The van der Waals surface area contributed by atoms with Gasteiger partial charge in [-0.15, -0.1) is 0 Å². The van der Waals surface area contributed by atoms with Gasteiger partial charge in [-0.1, -0.05) is 17.7 Å². The van der Waals surface area contributed by atoms with Crippen LogP contribution >= 0.6 is 11.6 Å². The zero-order valence-corrected chi connectivity index (χ0v) is 10.5. The molecule has 20 heavy (non-hydrogen) atoms. The Hall–Kier alpha value is -2.74. The first-order valence-electron chi connectivity index (χ1n) is 5.29. The van der Waals surface area contributed by atoms with Gasteiger partial charge in [0.05, 0.1) is 4.92 Å². The zero-order valence-electron chi connectivity index (χ0n) is 9.79. The quantitative estimate of drug-likeness (QED) is 0.506. The Labute approximate surface area is 116 Å². The number of anilines is 1. The highest BCUT2D eigenvalue weighted by molar-refractivity contribution is 6.29. The summed E-state index contributed by atoms with van der Waals surface area (Å²) in [5, 5.41) is 13.0. The number of aromatic nitrogens is 2. The van der Waals surface area contributed by atoms with E-state index in [-0.39, 0.29) is 16.7 Å². The Balaban J connectivity index is 2.34. The number of pyridine rings is 2. The second-order valence-electron chi connectivity index (χ2n) is 3.64. The lowest BCUT2D eigenvalue weighted by Crippen LogP contribution is -2.19. The Bertz CT molecular complexity index is 743. The molecule has 1 amide bonds. The van der Waals surface area contributed by atoms with Crippen molar-refractivity contribution in [1.29, 1.82) is 0 Å². The maximum atomic E-state index is 11.9. The van der Waals surface area contributed by atoms with E-state index in [2.05, 4.69) is 15.3 Å². The van der Waals surface area contributed by atoms with Crippen molar-refractivity contribution in [2.24, 2.45) is 0 Å². The van der Waals surface area contributed by atoms with Gasteiger partial charge >= 0.3 is 5.69 Å². The standard InChI is InChI=1S/C11H7ClN4O4/c12-8-5-4-7(16(19)20)10(14-8)15-11(18)6-2-1-3-9(17)13-6/h1-5H,(H,13,17)(H,14,15,18). The summed E-state index contributed by atoms with van der Waals surface area (Å²) < 4.78 is 0. The van der Waals surface area contributed by atoms with Gasteiger partial charge in [-0.25, -0.2) is 4.98 Å². The third-order valence-corrected chi connectivity index (χ3v) is 2.49. The Morgan fingerprint density at radius 3 is 2.75 bits per heavy atom. The zero-order chi connectivity index (χ0) is 14.7. The molecule has 0 bridgehead atoms. The molecule has 102 valence electrons. The summed E-state index contributed by atoms with van der Waals surface area (Å²) in [5.41, 5.74) is -0.916. The van der Waals surface area contributed by atoms with E-state index in [0.717, 1.165) is 6.07 Å². The van der Waals surface area contributed by atoms with Crippen molar-refractivity contribution in [3.8, 4) is 0 Å². The molecule has 2 rings (SSSR count). The van der Waals surface area contributed by atoms with Gasteiger partial charge in [-0.2, -0.15) is 0 Å². The molecule has 9 heteroatoms. The molecule has 0 spiro atoms. The van der Waals surface area contributed by atoms with Gasteiger partial charge in [0.15, 0.2) is 0 Å². The first-order valence-corrected chi connectivity index (χ1v) is 5.67. The predicted octanol–water partition coefficient (Wildman–Crippen LogP) is 1.58. The van der Waals surface area contributed by atoms with Crippen LogP contribution < -0.4 is 10.9 Å². The lowest BCUT2D eigenvalue weighted by atomic mass is 10.3. The van der Waals surface area contributed by atoms with Crippen LogP contribution in [0.15, 0.2) is 35.1 Å². The summed E-state index contributed by atoms with van der Waals surface area (Å²) in [6.07, 6.45) is 0. The SMILES string of the molecule is O=C(Nc1nc(Cl)ccc1[N+](=O)[O-])c1cccc(=O)[nH]1. The van der Waals surface area contributed by atoms with Crippen LogP contribution in [0, 0.1) is 10.1 Å². The average Bonchev–Trinajstić information content (AvgIpc) is 2.38. The van der Waals surface area contributed by atoms with E-state index < -0.39 is 22.1 Å². The summed E-state index contributed by atoms with van der Waals surface area (Å²) in [5.74, 6) is -1.03. The molecule has 0 fully saturated rings. The molecular weight excluding hydrogens is 288 g/mol. The number of H-pyrrole nitrogens is 1. The van der Waals surface area contributed by atoms with Gasteiger partial charge in [0.2, 0.25) is 11.4 Å². The molecule has 0 unspecified atom stereocenters. The van der Waals surface area contributed by atoms with Crippen molar-refractivity contribution in [1.82, 2.24) is 9.97 Å². The fourth-order valence-corrected chi connectivity index (χ4v) is 1.57. The van der Waals surface area contributed by atoms with Crippen molar-refractivity contribution in [2.75, 3.05) is 5.32 Å². The van der Waals surface area contributed by atoms with Crippen LogP contribution in [0.1, 0.15) is 10.5 Å². The summed E-state index contributed by atoms with van der Waals surface area (Å²) in [6.45, 7) is 0. The minimum atomic E-state index is -0.736. The van der Waals surface area contributed by atoms with Crippen molar-refractivity contribution in [2.45, 2.75) is 0 Å².